The summed E-state index contributed by atoms with van der Waals surface area (Å²) in [6.45, 7) is 0.560. The van der Waals surface area contributed by atoms with E-state index in [1.54, 1.807) is 21.3 Å². The maximum atomic E-state index is 13.2. The van der Waals surface area contributed by atoms with Crippen LogP contribution >= 0.6 is 0 Å². The van der Waals surface area contributed by atoms with Crippen LogP contribution in [0.25, 0.3) is 0 Å². The van der Waals surface area contributed by atoms with Gasteiger partial charge in [-0.05, 0) is 37.3 Å². The number of hydrogen-bond donors (Lipinski definition) is 0. The van der Waals surface area contributed by atoms with Gasteiger partial charge >= 0.3 is 0 Å². The second-order valence-electron chi connectivity index (χ2n) is 6.43. The average molecular weight is 343 g/mol. The van der Waals surface area contributed by atoms with Crippen molar-refractivity contribution in [3.8, 4) is 0 Å². The van der Waals surface area contributed by atoms with Gasteiger partial charge in [-0.2, -0.15) is 9.40 Å². The summed E-state index contributed by atoms with van der Waals surface area (Å²) in [6.07, 6.45) is 9.16. The average Bonchev–Trinajstić information content (AvgIpc) is 3.17. The molecule has 2 aliphatic heterocycles. The first-order chi connectivity index (χ1) is 11.7. The van der Waals surface area contributed by atoms with Gasteiger partial charge in [0.15, 0.2) is 5.03 Å². The van der Waals surface area contributed by atoms with Gasteiger partial charge in [-0.25, -0.2) is 8.42 Å². The Morgan fingerprint density at radius 2 is 1.96 bits per heavy atom. The van der Waals surface area contributed by atoms with Crippen LogP contribution < -0.4 is 0 Å². The van der Waals surface area contributed by atoms with Crippen LogP contribution in [0.2, 0.25) is 0 Å². The Balaban J connectivity index is 1.59. The molecule has 1 saturated heterocycles. The maximum Gasteiger partial charge on any atom is 0.261 e. The number of benzene rings is 1. The molecule has 1 aromatic heterocycles. The van der Waals surface area contributed by atoms with Crippen molar-refractivity contribution in [2.45, 2.75) is 49.3 Å². The van der Waals surface area contributed by atoms with E-state index in [2.05, 4.69) is 11.2 Å². The van der Waals surface area contributed by atoms with Crippen LogP contribution in [0.3, 0.4) is 0 Å². The fourth-order valence-corrected chi connectivity index (χ4v) is 5.72. The summed E-state index contributed by atoms with van der Waals surface area (Å²) in [5.74, 6) is 0. The van der Waals surface area contributed by atoms with Crippen LogP contribution in [0.1, 0.15) is 24.8 Å². The van der Waals surface area contributed by atoms with Crippen molar-refractivity contribution in [2.24, 2.45) is 0 Å². The number of fused-ring (bicyclic) bond motifs is 2. The molecule has 0 spiro atoms. The molecule has 5 nitrogen and oxygen atoms in total. The zero-order chi connectivity index (χ0) is 16.6. The summed E-state index contributed by atoms with van der Waals surface area (Å²) in [5, 5.41) is 4.57. The van der Waals surface area contributed by atoms with E-state index < -0.39 is 10.0 Å². The summed E-state index contributed by atoms with van der Waals surface area (Å²) < 4.78 is 29.7. The number of aryl methyl sites for hydroxylation is 2. The second kappa shape index (κ2) is 6.18. The highest BCUT2D eigenvalue weighted by Gasteiger charge is 2.43. The van der Waals surface area contributed by atoms with Gasteiger partial charge in [0.05, 0.1) is 6.20 Å². The Morgan fingerprint density at radius 1 is 1.12 bits per heavy atom. The van der Waals surface area contributed by atoms with Gasteiger partial charge in [-0.1, -0.05) is 42.5 Å². The lowest BCUT2D eigenvalue weighted by atomic mass is 10.1. The quantitative estimate of drug-likeness (QED) is 0.784. The van der Waals surface area contributed by atoms with Gasteiger partial charge < -0.3 is 0 Å². The summed E-state index contributed by atoms with van der Waals surface area (Å²) in [4.78, 5) is 0. The van der Waals surface area contributed by atoms with Gasteiger partial charge in [0.25, 0.3) is 10.0 Å². The van der Waals surface area contributed by atoms with Crippen molar-refractivity contribution >= 4 is 10.0 Å². The molecule has 24 heavy (non-hydrogen) atoms. The number of nitrogens with zero attached hydrogens (tertiary/aromatic N) is 3. The van der Waals surface area contributed by atoms with Gasteiger partial charge in [0.2, 0.25) is 0 Å². The molecular formula is C18H21N3O2S. The van der Waals surface area contributed by atoms with Crippen molar-refractivity contribution < 1.29 is 8.42 Å². The Kier molecular flexibility index (Phi) is 4.02. The van der Waals surface area contributed by atoms with Crippen LogP contribution in [0, 0.1) is 0 Å². The van der Waals surface area contributed by atoms with Crippen LogP contribution in [0.15, 0.2) is 59.8 Å². The van der Waals surface area contributed by atoms with Gasteiger partial charge in [-0.15, -0.1) is 0 Å². The molecule has 2 unspecified atom stereocenters. The number of rotatable bonds is 5. The topological polar surface area (TPSA) is 55.2 Å². The predicted molar refractivity (Wildman–Crippen MR) is 92.0 cm³/mol. The molecule has 3 heterocycles. The van der Waals surface area contributed by atoms with Gasteiger partial charge in [0.1, 0.15) is 0 Å². The third kappa shape index (κ3) is 2.70. The van der Waals surface area contributed by atoms with Crippen LogP contribution in [0.5, 0.6) is 0 Å². The molecule has 6 heteroatoms. The fourth-order valence-electron chi connectivity index (χ4n) is 3.75. The summed E-state index contributed by atoms with van der Waals surface area (Å²) in [6, 6.07) is 11.8. The molecule has 1 fully saturated rings. The highest BCUT2D eigenvalue weighted by atomic mass is 32.2. The maximum absolute atomic E-state index is 13.2. The van der Waals surface area contributed by atoms with E-state index in [1.807, 2.05) is 36.4 Å². The molecule has 2 bridgehead atoms. The predicted octanol–water partition coefficient (Wildman–Crippen LogP) is 2.61. The Morgan fingerprint density at radius 3 is 2.75 bits per heavy atom. The van der Waals surface area contributed by atoms with Crippen molar-refractivity contribution in [3.63, 3.8) is 0 Å². The molecular weight excluding hydrogens is 322 g/mol. The first-order valence-corrected chi connectivity index (χ1v) is 9.86. The molecule has 2 atom stereocenters. The minimum absolute atomic E-state index is 0.00576. The molecule has 2 aliphatic rings. The van der Waals surface area contributed by atoms with E-state index in [4.69, 9.17) is 0 Å². The minimum Gasteiger partial charge on any atom is -0.253 e. The third-order valence-electron chi connectivity index (χ3n) is 4.92. The lowest BCUT2D eigenvalue weighted by molar-refractivity contribution is 0.336. The van der Waals surface area contributed by atoms with E-state index in [1.165, 1.54) is 5.56 Å². The first kappa shape index (κ1) is 15.6. The smallest absolute Gasteiger partial charge is 0.253 e. The molecule has 4 rings (SSSR count). The standard InChI is InChI=1S/C18H21N3O2S/c22-24(23,21-16-7-4-8-17(21)10-9-16)18-11-13-19-20(18)14-12-15-5-2-1-3-6-15/h1-7,11,13,16-17H,8-10,12,14H2. The molecule has 0 amide bonds. The van der Waals surface area contributed by atoms with E-state index in [-0.39, 0.29) is 12.1 Å². The second-order valence-corrected chi connectivity index (χ2v) is 8.22. The van der Waals surface area contributed by atoms with Gasteiger partial charge in [0, 0.05) is 18.6 Å². The Bertz CT molecular complexity index is 842. The van der Waals surface area contributed by atoms with Crippen molar-refractivity contribution in [1.82, 2.24) is 14.1 Å². The van der Waals surface area contributed by atoms with E-state index >= 15 is 0 Å². The summed E-state index contributed by atoms with van der Waals surface area (Å²) in [5.41, 5.74) is 1.18. The van der Waals surface area contributed by atoms with Crippen molar-refractivity contribution in [2.75, 3.05) is 0 Å². The normalized spacial score (nSPS) is 23.7. The highest BCUT2D eigenvalue weighted by molar-refractivity contribution is 7.89. The first-order valence-electron chi connectivity index (χ1n) is 8.42. The SMILES string of the molecule is O=S(=O)(c1ccnn1CCc1ccccc1)N1C2C=CCC1CC2. The largest absolute Gasteiger partial charge is 0.261 e. The number of aromatic nitrogens is 2. The van der Waals surface area contributed by atoms with Crippen molar-refractivity contribution in [1.29, 1.82) is 0 Å². The van der Waals surface area contributed by atoms with E-state index in [9.17, 15) is 8.42 Å². The molecule has 0 saturated carbocycles. The molecule has 0 aliphatic carbocycles. The van der Waals surface area contributed by atoms with Crippen LogP contribution in [-0.2, 0) is 23.0 Å². The van der Waals surface area contributed by atoms with Crippen molar-refractivity contribution in [3.05, 3.63) is 60.3 Å². The monoisotopic (exact) mass is 343 g/mol. The highest BCUT2D eigenvalue weighted by Crippen LogP contribution is 2.36. The fraction of sp³-hybridized carbons (Fsp3) is 0.389. The molecule has 126 valence electrons. The minimum atomic E-state index is -3.51. The third-order valence-corrected chi connectivity index (χ3v) is 6.92. The van der Waals surface area contributed by atoms with E-state index in [0.29, 0.717) is 11.6 Å². The number of sulfonamides is 1. The number of hydrogen-bond acceptors (Lipinski definition) is 3. The Hall–Kier alpha value is -1.92. The zero-order valence-electron chi connectivity index (χ0n) is 13.5. The Labute approximate surface area is 142 Å². The van der Waals surface area contributed by atoms with Crippen LogP contribution in [-0.4, -0.2) is 34.6 Å². The molecule has 1 aromatic carbocycles. The van der Waals surface area contributed by atoms with E-state index in [0.717, 1.165) is 25.7 Å². The zero-order valence-corrected chi connectivity index (χ0v) is 14.3. The lowest BCUT2D eigenvalue weighted by Crippen LogP contribution is -2.42. The summed E-state index contributed by atoms with van der Waals surface area (Å²) in [7, 11) is -3.51. The lowest BCUT2D eigenvalue weighted by Gasteiger charge is -2.30. The summed E-state index contributed by atoms with van der Waals surface area (Å²) >= 11 is 0. The van der Waals surface area contributed by atoms with Crippen LogP contribution in [0.4, 0.5) is 0 Å². The van der Waals surface area contributed by atoms with Gasteiger partial charge in [-0.3, -0.25) is 4.68 Å². The molecule has 0 radical (unpaired) electrons. The molecule has 0 N–H and O–H groups in total. The molecule has 2 aromatic rings.